The molecule has 19 heteroatoms. The summed E-state index contributed by atoms with van der Waals surface area (Å²) in [6.07, 6.45) is 8.58. The third-order valence-corrected chi connectivity index (χ3v) is 11.1. The van der Waals surface area contributed by atoms with Crippen LogP contribution in [0.25, 0.3) is 28.3 Å². The van der Waals surface area contributed by atoms with Crippen molar-refractivity contribution >= 4 is 41.0 Å². The Morgan fingerprint density at radius 1 is 0.792 bits per heavy atom. The lowest BCUT2D eigenvalue weighted by Crippen LogP contribution is -2.45. The molecule has 1 saturated heterocycles. The molecule has 2 amide bonds. The number of hydrogen-bond acceptors (Lipinski definition) is 16. The highest BCUT2D eigenvalue weighted by Crippen LogP contribution is 2.38. The maximum Gasteiger partial charge on any atom is 0.266 e. The van der Waals surface area contributed by atoms with Crippen molar-refractivity contribution in [3.05, 3.63) is 157 Å². The topological polar surface area (TPSA) is 256 Å². The van der Waals surface area contributed by atoms with Crippen LogP contribution in [0.2, 0.25) is 0 Å². The Bertz CT molecular complexity index is 3250. The first-order valence-corrected chi connectivity index (χ1v) is 22.4. The molecule has 72 heavy (non-hydrogen) atoms. The van der Waals surface area contributed by atoms with Gasteiger partial charge >= 0.3 is 0 Å². The predicted octanol–water partition coefficient (Wildman–Crippen LogP) is 8.64. The molecule has 6 N–H and O–H groups in total. The minimum atomic E-state index is -0.763. The molecular formula is C53H46FN13O5. The van der Waals surface area contributed by atoms with Crippen molar-refractivity contribution in [3.8, 4) is 69.2 Å². The first kappa shape index (κ1) is 48.7. The zero-order valence-electron chi connectivity index (χ0n) is 39.0. The number of nitrogen functional groups attached to an aromatic ring is 2. The zero-order valence-corrected chi connectivity index (χ0v) is 39.0. The van der Waals surface area contributed by atoms with Gasteiger partial charge in [0.25, 0.3) is 11.8 Å². The van der Waals surface area contributed by atoms with E-state index in [0.717, 1.165) is 18.9 Å². The Morgan fingerprint density at radius 3 is 2.25 bits per heavy atom. The van der Waals surface area contributed by atoms with Crippen LogP contribution >= 0.6 is 0 Å². The molecule has 1 fully saturated rings. The van der Waals surface area contributed by atoms with Crippen molar-refractivity contribution in [2.24, 2.45) is 0 Å². The molecule has 0 radical (unpaired) electrons. The molecule has 1 unspecified atom stereocenters. The third kappa shape index (κ3) is 12.1. The quantitative estimate of drug-likeness (QED) is 0.0522. The highest BCUT2D eigenvalue weighted by Gasteiger charge is 2.27. The van der Waals surface area contributed by atoms with Gasteiger partial charge in [-0.25, -0.2) is 29.3 Å². The fourth-order valence-corrected chi connectivity index (χ4v) is 7.59. The number of pyridine rings is 1. The van der Waals surface area contributed by atoms with Crippen molar-refractivity contribution in [3.63, 3.8) is 0 Å². The Labute approximate surface area is 413 Å². The number of piperidine rings is 1. The Balaban J connectivity index is 0.915. The number of aromatic nitrogens is 5. The fraction of sp³-hybridized carbons (Fsp3) is 0.151. The van der Waals surface area contributed by atoms with Crippen LogP contribution < -0.4 is 36.3 Å². The number of carbonyl (C=O) groups is 2. The second-order valence-corrected chi connectivity index (χ2v) is 16.5. The highest BCUT2D eigenvalue weighted by atomic mass is 19.1. The first-order chi connectivity index (χ1) is 34.9. The van der Waals surface area contributed by atoms with Gasteiger partial charge in [-0.05, 0) is 105 Å². The molecular weight excluding hydrogens is 918 g/mol. The molecule has 1 aliphatic rings. The largest absolute Gasteiger partial charge is 0.457 e. The summed E-state index contributed by atoms with van der Waals surface area (Å²) in [7, 11) is 3.73. The number of nitrogens with one attached hydrogen (secondary N) is 2. The molecule has 3 aromatic heterocycles. The van der Waals surface area contributed by atoms with E-state index in [2.05, 4.69) is 35.6 Å². The number of halogens is 1. The number of rotatable bonds is 16. The normalized spacial score (nSPS) is 13.6. The van der Waals surface area contributed by atoms with Crippen molar-refractivity contribution in [2.45, 2.75) is 18.9 Å². The molecule has 360 valence electrons. The van der Waals surface area contributed by atoms with Crippen molar-refractivity contribution < 1.29 is 28.2 Å². The van der Waals surface area contributed by atoms with Crippen LogP contribution in [0.3, 0.4) is 0 Å². The number of anilines is 4. The minimum absolute atomic E-state index is 0.0491. The molecule has 1 atom stereocenters. The average Bonchev–Trinajstić information content (AvgIpc) is 3.38. The molecule has 7 aromatic rings. The number of hydrogen-bond donors (Lipinski definition) is 4. The van der Waals surface area contributed by atoms with Crippen molar-refractivity contribution in [1.82, 2.24) is 34.7 Å². The van der Waals surface area contributed by atoms with Gasteiger partial charge in [0.1, 0.15) is 70.6 Å². The van der Waals surface area contributed by atoms with E-state index in [0.29, 0.717) is 70.8 Å². The standard InChI is InChI=1S/C53H46FN13O5/c1-66(2)23-21-35(27-55)53(69)67-22-7-9-39(30-67)64-50-46(48(57)60-31-62-50)34-13-17-41(18-14-34)70-42-12-6-8-33(25-42)24-37(28-56)51(68)65-38-16-19-43(54)44(26-38)72-52-47(49(58)61-32-63-52)36-15-20-45(59-29-36)71-40-10-4-3-5-11-40/h3-6,8,10-21,24-26,29,31-32,39H,7,9,22-23,30H2,1-2H3,(H,65,68)(H2,58,61,63)(H3,57,60,62,64). The Kier molecular flexibility index (Phi) is 15.3. The first-order valence-electron chi connectivity index (χ1n) is 22.4. The maximum absolute atomic E-state index is 15.2. The average molecular weight is 964 g/mol. The van der Waals surface area contributed by atoms with E-state index >= 15 is 4.39 Å². The second kappa shape index (κ2) is 22.6. The van der Waals surface area contributed by atoms with E-state index in [1.165, 1.54) is 37.1 Å². The van der Waals surface area contributed by atoms with Crippen LogP contribution in [-0.4, -0.2) is 86.3 Å². The van der Waals surface area contributed by atoms with Gasteiger partial charge in [-0.3, -0.25) is 9.59 Å². The lowest BCUT2D eigenvalue weighted by molar-refractivity contribution is -0.127. The van der Waals surface area contributed by atoms with E-state index < -0.39 is 11.7 Å². The number of likely N-dealkylation sites (N-methyl/N-ethyl adjacent to an activating group) is 1. The summed E-state index contributed by atoms with van der Waals surface area (Å²) in [6, 6.07) is 33.9. The summed E-state index contributed by atoms with van der Waals surface area (Å²) in [5, 5.41) is 25.8. The van der Waals surface area contributed by atoms with Crippen LogP contribution in [0.15, 0.2) is 145 Å². The summed E-state index contributed by atoms with van der Waals surface area (Å²) in [6.45, 7) is 1.39. The molecule has 4 aromatic carbocycles. The number of benzene rings is 4. The highest BCUT2D eigenvalue weighted by molar-refractivity contribution is 6.09. The number of ether oxygens (including phenoxy) is 3. The Morgan fingerprint density at radius 2 is 1.51 bits per heavy atom. The van der Waals surface area contributed by atoms with Gasteiger partial charge in [0, 0.05) is 55.3 Å². The third-order valence-electron chi connectivity index (χ3n) is 11.1. The van der Waals surface area contributed by atoms with Crippen LogP contribution in [0.1, 0.15) is 18.4 Å². The number of para-hydroxylation sites is 1. The van der Waals surface area contributed by atoms with Gasteiger partial charge in [0.2, 0.25) is 11.8 Å². The van der Waals surface area contributed by atoms with Crippen LogP contribution in [0, 0.1) is 28.5 Å². The molecule has 4 heterocycles. The van der Waals surface area contributed by atoms with E-state index in [-0.39, 0.29) is 57.6 Å². The van der Waals surface area contributed by atoms with E-state index in [1.54, 1.807) is 71.6 Å². The summed E-state index contributed by atoms with van der Waals surface area (Å²) in [5.74, 6) is 0.431. The van der Waals surface area contributed by atoms with E-state index in [9.17, 15) is 20.1 Å². The molecule has 8 rings (SSSR count). The van der Waals surface area contributed by atoms with E-state index in [1.807, 2.05) is 61.5 Å². The van der Waals surface area contributed by atoms with Crippen molar-refractivity contribution in [1.29, 1.82) is 10.5 Å². The van der Waals surface area contributed by atoms with Crippen molar-refractivity contribution in [2.75, 3.05) is 55.8 Å². The fourth-order valence-electron chi connectivity index (χ4n) is 7.59. The van der Waals surface area contributed by atoms with E-state index in [4.69, 9.17) is 25.7 Å². The maximum atomic E-state index is 15.2. The molecule has 1 aliphatic heterocycles. The summed E-state index contributed by atoms with van der Waals surface area (Å²) < 4.78 is 33.1. The number of likely N-dealkylation sites (tertiary alicyclic amines) is 1. The van der Waals surface area contributed by atoms with Gasteiger partial charge in [0.05, 0.1) is 11.1 Å². The van der Waals surface area contributed by atoms with Crippen LogP contribution in [0.5, 0.6) is 34.8 Å². The number of carbonyl (C=O) groups excluding carboxylic acids is 2. The lowest BCUT2D eigenvalue weighted by Gasteiger charge is -2.33. The molecule has 0 spiro atoms. The summed E-state index contributed by atoms with van der Waals surface area (Å²) >= 11 is 0. The monoisotopic (exact) mass is 963 g/mol. The minimum Gasteiger partial charge on any atom is -0.457 e. The number of nitrogens with zero attached hydrogens (tertiary/aromatic N) is 9. The second-order valence-electron chi connectivity index (χ2n) is 16.5. The number of nitriles is 2. The van der Waals surface area contributed by atoms with Gasteiger partial charge in [-0.2, -0.15) is 10.5 Å². The predicted molar refractivity (Wildman–Crippen MR) is 269 cm³/mol. The van der Waals surface area contributed by atoms with Gasteiger partial charge in [-0.1, -0.05) is 42.5 Å². The lowest BCUT2D eigenvalue weighted by atomic mass is 10.0. The van der Waals surface area contributed by atoms with Crippen LogP contribution in [0.4, 0.5) is 27.5 Å². The molecule has 18 nitrogen and oxygen atoms in total. The van der Waals surface area contributed by atoms with Gasteiger partial charge in [-0.15, -0.1) is 0 Å². The molecule has 0 bridgehead atoms. The summed E-state index contributed by atoms with van der Waals surface area (Å²) in [4.78, 5) is 51.6. The Hall–Kier alpha value is -9.72. The molecule has 0 saturated carbocycles. The SMILES string of the molecule is CN(C)CC=C(C#N)C(=O)N1CCCC(Nc2ncnc(N)c2-c2ccc(Oc3cccc(C=C(C#N)C(=O)Nc4ccc(F)c(Oc5ncnc(N)c5-c5ccc(Oc6ccccc6)nc5)c4)c3)cc2)C1. The number of nitrogens with two attached hydrogens (primary N) is 2. The van der Waals surface area contributed by atoms with Crippen LogP contribution in [-0.2, 0) is 9.59 Å². The summed E-state index contributed by atoms with van der Waals surface area (Å²) in [5.41, 5.74) is 15.1. The van der Waals surface area contributed by atoms with Gasteiger partial charge in [0.15, 0.2) is 11.6 Å². The zero-order chi connectivity index (χ0) is 50.6. The smallest absolute Gasteiger partial charge is 0.266 e. The number of amides is 2. The van der Waals surface area contributed by atoms with Gasteiger partial charge < -0.3 is 46.1 Å². The molecule has 0 aliphatic carbocycles.